The van der Waals surface area contributed by atoms with E-state index in [0.717, 1.165) is 0 Å². The molecule has 18 heavy (non-hydrogen) atoms. The molecule has 0 spiro atoms. The van der Waals surface area contributed by atoms with E-state index in [1.165, 1.54) is 0 Å². The second kappa shape index (κ2) is 91.4. The van der Waals surface area contributed by atoms with E-state index in [1.807, 2.05) is 10.8 Å². The van der Waals surface area contributed by atoms with E-state index in [0.29, 0.717) is 26.1 Å². The summed E-state index contributed by atoms with van der Waals surface area (Å²) in [5.74, 6) is 0. The van der Waals surface area contributed by atoms with E-state index in [2.05, 4.69) is 0 Å². The molecule has 0 N–H and O–H groups in total. The van der Waals surface area contributed by atoms with Gasteiger partial charge in [-0.2, -0.15) is 0 Å². The van der Waals surface area contributed by atoms with Crippen LogP contribution in [0.4, 0.5) is 0 Å². The first-order valence-electron chi connectivity index (χ1n) is 2.83. The summed E-state index contributed by atoms with van der Waals surface area (Å²) in [6, 6.07) is 0. The van der Waals surface area contributed by atoms with Gasteiger partial charge in [0.25, 0.3) is 0 Å². The molecule has 7 nitrogen and oxygen atoms in total. The van der Waals surface area contributed by atoms with Crippen LogP contribution in [-0.4, -0.2) is 39.2 Å². The zero-order valence-electron chi connectivity index (χ0n) is 8.95. The Labute approximate surface area is 161 Å². The molecule has 0 aromatic heterocycles. The molecule has 0 aliphatic heterocycles. The summed E-state index contributed by atoms with van der Waals surface area (Å²) in [5.41, 5.74) is 0. The molecule has 0 aliphatic rings. The SMILES string of the molecule is N#C[Se]C#N.N#[C][Hg].N#[C][Pb][C]#N.[C-]#N.[C-]#N.[Cd+2]. The maximum Gasteiger partial charge on any atom is 2.00 e. The van der Waals surface area contributed by atoms with E-state index < -0.39 is 39.2 Å². The number of rotatable bonds is 0. The van der Waals surface area contributed by atoms with E-state index in [9.17, 15) is 0 Å². The summed E-state index contributed by atoms with van der Waals surface area (Å²) in [6.45, 7) is 9.50. The van der Waals surface area contributed by atoms with Gasteiger partial charge in [-0.1, -0.05) is 0 Å². The number of nitriles is 5. The normalized spacial score (nSPS) is 3.17. The van der Waals surface area contributed by atoms with Gasteiger partial charge < -0.3 is 23.7 Å². The number of hydrogen-bond donors (Lipinski definition) is 0. The minimum Gasteiger partial charge on any atom is -0.512 e. The maximum atomic E-state index is 7.68. The van der Waals surface area contributed by atoms with Crippen molar-refractivity contribution in [2.75, 3.05) is 0 Å². The van der Waals surface area contributed by atoms with E-state index in [4.69, 9.17) is 50.0 Å². The Hall–Kier alpha value is -0.271. The Balaban J connectivity index is -0.0000000262. The third-order valence-corrected chi connectivity index (χ3v) is 1.46. The van der Waals surface area contributed by atoms with Crippen LogP contribution in [0.5, 0.6) is 0 Å². The molecule has 0 aromatic carbocycles. The molecular weight excluding hydrogens is 781 g/mol. The zero-order chi connectivity index (χ0) is 14.9. The molecule has 11 heteroatoms. The standard InChI is InChI=1S/C2N2Se.5CN.Cd.Hg.Pb/c3-1-5-2-4;5*1-2;;;/q;;;;2*-1;+2;;. The largest absolute Gasteiger partial charge is 2.00 e. The first-order valence-corrected chi connectivity index (χ1v) is 11.2. The smallest absolute Gasteiger partial charge is 0.512 e. The van der Waals surface area contributed by atoms with E-state index in [-0.39, 0.29) is 27.3 Å². The predicted octanol–water partition coefficient (Wildman–Crippen LogP) is -0.490. The summed E-state index contributed by atoms with van der Waals surface area (Å²) in [7, 11) is 0. The summed E-state index contributed by atoms with van der Waals surface area (Å²) in [5, 5.41) is 50.5. The fourth-order valence-electron chi connectivity index (χ4n) is 0.0454. The second-order valence-corrected chi connectivity index (χ2v) is 5.93. The van der Waals surface area contributed by atoms with Crippen LogP contribution in [0, 0.1) is 70.7 Å². The van der Waals surface area contributed by atoms with Crippen LogP contribution in [0.25, 0.3) is 0 Å². The molecule has 0 atom stereocenters. The van der Waals surface area contributed by atoms with Crippen LogP contribution in [0.3, 0.4) is 0 Å². The second-order valence-electron chi connectivity index (χ2n) is 0.791. The maximum absolute atomic E-state index is 7.68. The minimum absolute atomic E-state index is 0. The van der Waals surface area contributed by atoms with Crippen molar-refractivity contribution in [1.82, 2.24) is 0 Å². The van der Waals surface area contributed by atoms with Gasteiger partial charge in [-0.05, 0) is 0 Å². The zero-order valence-corrected chi connectivity index (χ0v) is 24.1. The monoisotopic (exact) mass is 786 g/mol. The third-order valence-electron chi connectivity index (χ3n) is 0.203. The Morgan fingerprint density at radius 1 is 0.833 bits per heavy atom. The minimum atomic E-state index is -1.34. The van der Waals surface area contributed by atoms with Gasteiger partial charge >= 0.3 is 140 Å². The molecule has 0 aromatic rings. The molecule has 0 heterocycles. The van der Waals surface area contributed by atoms with Gasteiger partial charge in [0, 0.05) is 0 Å². The first kappa shape index (κ1) is 36.1. The molecule has 0 bridgehead atoms. The Kier molecular flexibility index (Phi) is 183. The summed E-state index contributed by atoms with van der Waals surface area (Å²) in [4.78, 5) is 3.44. The van der Waals surface area contributed by atoms with Crippen LogP contribution >= 0.6 is 0 Å². The van der Waals surface area contributed by atoms with Crippen molar-refractivity contribution in [3.05, 3.63) is 13.1 Å². The molecule has 0 fully saturated rings. The fraction of sp³-hybridized carbons (Fsp3) is 0. The Morgan fingerprint density at radius 2 is 1.06 bits per heavy atom. The van der Waals surface area contributed by atoms with Crippen LogP contribution in [-0.2, 0) is 53.4 Å². The first-order chi connectivity index (χ1) is 8.24. The van der Waals surface area contributed by atoms with Crippen molar-refractivity contribution in [2.24, 2.45) is 0 Å². The van der Waals surface area contributed by atoms with Crippen LogP contribution in [0.15, 0.2) is 0 Å². The van der Waals surface area contributed by atoms with Gasteiger partial charge in [-0.15, -0.1) is 0 Å². The predicted molar refractivity (Wildman–Crippen MR) is 49.5 cm³/mol. The molecule has 0 aliphatic carbocycles. The van der Waals surface area contributed by atoms with Crippen molar-refractivity contribution in [2.45, 2.75) is 0 Å². The van der Waals surface area contributed by atoms with Crippen molar-refractivity contribution in [3.8, 4) is 20.8 Å². The van der Waals surface area contributed by atoms with Crippen molar-refractivity contribution >= 4 is 39.2 Å². The topological polar surface area (TPSA) is 167 Å². The average Bonchev–Trinajstić information content (AvgIpc) is 2.38. The van der Waals surface area contributed by atoms with Crippen LogP contribution in [0.1, 0.15) is 0 Å². The molecule has 77 valence electrons. The quantitative estimate of drug-likeness (QED) is 0.236. The van der Waals surface area contributed by atoms with Gasteiger partial charge in [0.05, 0.1) is 0 Å². The van der Waals surface area contributed by atoms with Gasteiger partial charge in [0.1, 0.15) is 0 Å². The molecule has 2 radical (unpaired) electrons. The van der Waals surface area contributed by atoms with E-state index >= 15 is 0 Å². The van der Waals surface area contributed by atoms with Gasteiger partial charge in [-0.25, -0.2) is 0 Å². The number of hydrogen-bond acceptors (Lipinski definition) is 7. The van der Waals surface area contributed by atoms with E-state index in [1.54, 1.807) is 9.94 Å². The van der Waals surface area contributed by atoms with Gasteiger partial charge in [-0.3, -0.25) is 0 Å². The van der Waals surface area contributed by atoms with Crippen molar-refractivity contribution in [3.63, 3.8) is 0 Å². The summed E-state index contributed by atoms with van der Waals surface area (Å²) in [6.07, 6.45) is 0. The molecule has 0 unspecified atom stereocenters. The Morgan fingerprint density at radius 3 is 1.06 bits per heavy atom. The molecule has 0 rings (SSSR count). The van der Waals surface area contributed by atoms with Gasteiger partial charge in [0.15, 0.2) is 0 Å². The molecule has 0 amide bonds. The van der Waals surface area contributed by atoms with Crippen LogP contribution in [0.2, 0.25) is 0 Å². The summed E-state index contributed by atoms with van der Waals surface area (Å²) < 4.78 is 5.65. The van der Waals surface area contributed by atoms with Crippen molar-refractivity contribution in [1.29, 1.82) is 36.8 Å². The third kappa shape index (κ3) is 245. The fourth-order valence-corrected chi connectivity index (χ4v) is 0.325. The van der Waals surface area contributed by atoms with Crippen molar-refractivity contribution < 1.29 is 53.4 Å². The molecule has 0 saturated carbocycles. The van der Waals surface area contributed by atoms with Gasteiger partial charge in [0.2, 0.25) is 0 Å². The van der Waals surface area contributed by atoms with Crippen LogP contribution < -0.4 is 0 Å². The molecular formula is C7CdHgN7PbSe. The Bertz CT molecular complexity index is 322. The number of nitrogens with zero attached hydrogens (tertiary/aromatic N) is 7. The average molecular weight is 781 g/mol. The molecule has 0 saturated heterocycles. The summed E-state index contributed by atoms with van der Waals surface area (Å²) >= 11 is -1.40.